The first-order valence-corrected chi connectivity index (χ1v) is 3.94. The molecule has 1 aromatic heterocycles. The van der Waals surface area contributed by atoms with Crippen molar-refractivity contribution >= 4 is 5.78 Å². The van der Waals surface area contributed by atoms with Crippen LogP contribution < -0.4 is 4.74 Å². The first kappa shape index (κ1) is 9.45. The summed E-state index contributed by atoms with van der Waals surface area (Å²) in [4.78, 5) is 14.9. The second kappa shape index (κ2) is 4.40. The number of ketones is 1. The molecule has 0 unspecified atom stereocenters. The van der Waals surface area contributed by atoms with Gasteiger partial charge in [-0.05, 0) is 13.0 Å². The molecule has 0 aromatic carbocycles. The van der Waals surface area contributed by atoms with E-state index in [4.69, 9.17) is 4.74 Å². The summed E-state index contributed by atoms with van der Waals surface area (Å²) in [7, 11) is 0. The first-order valence-electron chi connectivity index (χ1n) is 3.94. The fourth-order valence-electron chi connectivity index (χ4n) is 0.852. The molecular weight excluding hydrogens is 166 g/mol. The van der Waals surface area contributed by atoms with Crippen molar-refractivity contribution in [3.8, 4) is 5.88 Å². The van der Waals surface area contributed by atoms with Gasteiger partial charge in [-0.1, -0.05) is 12.7 Å². The third-order valence-electron chi connectivity index (χ3n) is 1.49. The summed E-state index contributed by atoms with van der Waals surface area (Å²) in [6, 6.07) is 3.27. The maximum Gasteiger partial charge on any atom is 0.214 e. The Labute approximate surface area is 77.1 Å². The number of pyridine rings is 1. The summed E-state index contributed by atoms with van der Waals surface area (Å²) in [6.07, 6.45) is 3.18. The molecule has 13 heavy (non-hydrogen) atoms. The lowest BCUT2D eigenvalue weighted by Crippen LogP contribution is -1.98. The Morgan fingerprint density at radius 2 is 2.54 bits per heavy atom. The number of carbonyl (C=O) groups is 1. The van der Waals surface area contributed by atoms with Gasteiger partial charge in [0.15, 0.2) is 5.78 Å². The minimum atomic E-state index is 0.00542. The van der Waals surface area contributed by atoms with E-state index in [1.807, 2.05) is 0 Å². The van der Waals surface area contributed by atoms with Gasteiger partial charge in [0.05, 0.1) is 0 Å². The van der Waals surface area contributed by atoms with Crippen molar-refractivity contribution in [2.75, 3.05) is 6.61 Å². The molecule has 0 spiro atoms. The molecular formula is C10H11NO2. The second-order valence-corrected chi connectivity index (χ2v) is 2.54. The van der Waals surface area contributed by atoms with E-state index in [0.29, 0.717) is 18.1 Å². The molecule has 0 N–H and O–H groups in total. The van der Waals surface area contributed by atoms with Crippen LogP contribution in [-0.4, -0.2) is 17.4 Å². The maximum atomic E-state index is 11.0. The lowest BCUT2D eigenvalue weighted by molar-refractivity contribution is 0.101. The molecule has 68 valence electrons. The Morgan fingerprint density at radius 1 is 1.77 bits per heavy atom. The minimum absolute atomic E-state index is 0.00542. The van der Waals surface area contributed by atoms with Crippen molar-refractivity contribution < 1.29 is 9.53 Å². The Bertz CT molecular complexity index is 320. The van der Waals surface area contributed by atoms with Gasteiger partial charge in [-0.3, -0.25) is 4.79 Å². The number of nitrogens with zero attached hydrogens (tertiary/aromatic N) is 1. The molecule has 3 nitrogen and oxygen atoms in total. The van der Waals surface area contributed by atoms with Crippen molar-refractivity contribution in [2.24, 2.45) is 0 Å². The average molecular weight is 177 g/mol. The molecule has 0 fully saturated rings. The largest absolute Gasteiger partial charge is 0.473 e. The Morgan fingerprint density at radius 3 is 3.15 bits per heavy atom. The van der Waals surface area contributed by atoms with Crippen LogP contribution in [0.25, 0.3) is 0 Å². The molecule has 0 aliphatic carbocycles. The molecule has 0 bridgehead atoms. The Hall–Kier alpha value is -1.64. The summed E-state index contributed by atoms with van der Waals surface area (Å²) in [6.45, 7) is 5.42. The zero-order valence-electron chi connectivity index (χ0n) is 7.49. The highest BCUT2D eigenvalue weighted by Gasteiger charge is 2.00. The Kier molecular flexibility index (Phi) is 3.20. The van der Waals surface area contributed by atoms with Crippen LogP contribution in [0.3, 0.4) is 0 Å². The average Bonchev–Trinajstić information content (AvgIpc) is 2.15. The van der Waals surface area contributed by atoms with E-state index in [2.05, 4.69) is 11.6 Å². The van der Waals surface area contributed by atoms with Crippen LogP contribution in [0, 0.1) is 0 Å². The normalized spacial score (nSPS) is 9.31. The molecule has 0 amide bonds. The molecule has 0 saturated heterocycles. The van der Waals surface area contributed by atoms with E-state index in [1.165, 1.54) is 6.92 Å². The van der Waals surface area contributed by atoms with Crippen LogP contribution in [0.2, 0.25) is 0 Å². The number of hydrogen-bond donors (Lipinski definition) is 0. The monoisotopic (exact) mass is 177 g/mol. The van der Waals surface area contributed by atoms with Gasteiger partial charge in [-0.25, -0.2) is 4.98 Å². The number of aromatic nitrogens is 1. The van der Waals surface area contributed by atoms with Crippen molar-refractivity contribution in [3.63, 3.8) is 0 Å². The van der Waals surface area contributed by atoms with Crippen LogP contribution in [0.4, 0.5) is 0 Å². The van der Waals surface area contributed by atoms with E-state index < -0.39 is 0 Å². The third-order valence-corrected chi connectivity index (χ3v) is 1.49. The summed E-state index contributed by atoms with van der Waals surface area (Å²) in [5.74, 6) is 0.457. The first-order chi connectivity index (χ1) is 6.24. The van der Waals surface area contributed by atoms with E-state index in [9.17, 15) is 4.79 Å². The van der Waals surface area contributed by atoms with Gasteiger partial charge in [0, 0.05) is 17.8 Å². The lowest BCUT2D eigenvalue weighted by Gasteiger charge is -2.02. The summed E-state index contributed by atoms with van der Waals surface area (Å²) in [5.41, 5.74) is 0.606. The fourth-order valence-corrected chi connectivity index (χ4v) is 0.852. The van der Waals surface area contributed by atoms with Crippen LogP contribution in [0.1, 0.15) is 17.3 Å². The van der Waals surface area contributed by atoms with Crippen molar-refractivity contribution in [2.45, 2.75) is 6.92 Å². The van der Waals surface area contributed by atoms with E-state index in [0.717, 1.165) is 0 Å². The molecule has 1 aromatic rings. The predicted octanol–water partition coefficient (Wildman–Crippen LogP) is 1.85. The second-order valence-electron chi connectivity index (χ2n) is 2.54. The van der Waals surface area contributed by atoms with Crippen LogP contribution in [0.5, 0.6) is 5.88 Å². The van der Waals surface area contributed by atoms with Crippen LogP contribution >= 0.6 is 0 Å². The smallest absolute Gasteiger partial charge is 0.214 e. The standard InChI is InChI=1S/C10H11NO2/c1-3-6-13-10-7-9(8(2)12)4-5-11-10/h3-5,7H,1,6H2,2H3. The number of rotatable bonds is 4. The highest BCUT2D eigenvalue weighted by molar-refractivity contribution is 5.94. The molecule has 1 rings (SSSR count). The maximum absolute atomic E-state index is 11.0. The number of Topliss-reactive ketones (excluding diaryl/α,β-unsaturated/α-hetero) is 1. The molecule has 0 aliphatic rings. The number of carbonyl (C=O) groups excluding carboxylic acids is 1. The van der Waals surface area contributed by atoms with Gasteiger partial charge in [0.25, 0.3) is 0 Å². The molecule has 0 aliphatic heterocycles. The highest BCUT2D eigenvalue weighted by atomic mass is 16.5. The molecule has 0 saturated carbocycles. The predicted molar refractivity (Wildman–Crippen MR) is 49.9 cm³/mol. The fraction of sp³-hybridized carbons (Fsp3) is 0.200. The van der Waals surface area contributed by atoms with Crippen molar-refractivity contribution in [1.82, 2.24) is 4.98 Å². The molecule has 1 heterocycles. The number of hydrogen-bond acceptors (Lipinski definition) is 3. The summed E-state index contributed by atoms with van der Waals surface area (Å²) >= 11 is 0. The van der Waals surface area contributed by atoms with E-state index >= 15 is 0 Å². The molecule has 0 radical (unpaired) electrons. The van der Waals surface area contributed by atoms with Gasteiger partial charge in [0.1, 0.15) is 6.61 Å². The zero-order chi connectivity index (χ0) is 9.68. The topological polar surface area (TPSA) is 39.2 Å². The third kappa shape index (κ3) is 2.71. The lowest BCUT2D eigenvalue weighted by atomic mass is 10.2. The zero-order valence-corrected chi connectivity index (χ0v) is 7.49. The van der Waals surface area contributed by atoms with Gasteiger partial charge >= 0.3 is 0 Å². The summed E-state index contributed by atoms with van der Waals surface area (Å²) < 4.78 is 5.16. The van der Waals surface area contributed by atoms with Crippen molar-refractivity contribution in [1.29, 1.82) is 0 Å². The van der Waals surface area contributed by atoms with Crippen LogP contribution in [-0.2, 0) is 0 Å². The molecule has 3 heteroatoms. The van der Waals surface area contributed by atoms with Gasteiger partial charge in [0.2, 0.25) is 5.88 Å². The van der Waals surface area contributed by atoms with E-state index in [-0.39, 0.29) is 5.78 Å². The quantitative estimate of drug-likeness (QED) is 0.520. The van der Waals surface area contributed by atoms with Gasteiger partial charge in [-0.15, -0.1) is 0 Å². The molecule has 0 atom stereocenters. The summed E-state index contributed by atoms with van der Waals surface area (Å²) in [5, 5.41) is 0. The van der Waals surface area contributed by atoms with Crippen LogP contribution in [0.15, 0.2) is 31.0 Å². The van der Waals surface area contributed by atoms with Gasteiger partial charge < -0.3 is 4.74 Å². The SMILES string of the molecule is C=CCOc1cc(C(C)=O)ccn1. The van der Waals surface area contributed by atoms with Gasteiger partial charge in [-0.2, -0.15) is 0 Å². The Balaban J connectivity index is 2.79. The minimum Gasteiger partial charge on any atom is -0.473 e. The number of ether oxygens (including phenoxy) is 1. The van der Waals surface area contributed by atoms with E-state index in [1.54, 1.807) is 24.4 Å². The van der Waals surface area contributed by atoms with Crippen molar-refractivity contribution in [3.05, 3.63) is 36.5 Å². The highest BCUT2D eigenvalue weighted by Crippen LogP contribution is 2.09.